The minimum absolute atomic E-state index is 0.0901. The zero-order valence-corrected chi connectivity index (χ0v) is 27.2. The van der Waals surface area contributed by atoms with E-state index in [1.807, 2.05) is 51.1 Å². The standard InChI is InChI=1S/C33H40BrN3O4S/c1-23-10-18-31(19-11-23)42(40,41)37(30-17-12-24(2)25(3)20-30)22-32(38)36(21-27-13-15-28(34)16-14-27)26(4)33(39)35-29-8-6-5-7-9-29/h10-20,26,29H,5-9,21-22H2,1-4H3,(H,35,39)/t26-/m1/s1. The third-order valence-corrected chi connectivity index (χ3v) is 10.4. The van der Waals surface area contributed by atoms with E-state index < -0.39 is 28.5 Å². The second-order valence-corrected chi connectivity index (χ2v) is 14.0. The molecule has 1 N–H and O–H groups in total. The Morgan fingerprint density at radius 3 is 2.17 bits per heavy atom. The van der Waals surface area contributed by atoms with Crippen molar-refractivity contribution in [2.75, 3.05) is 10.8 Å². The highest BCUT2D eigenvalue weighted by Crippen LogP contribution is 2.27. The molecule has 4 rings (SSSR count). The van der Waals surface area contributed by atoms with E-state index in [-0.39, 0.29) is 23.4 Å². The zero-order valence-electron chi connectivity index (χ0n) is 24.8. The molecule has 7 nitrogen and oxygen atoms in total. The van der Waals surface area contributed by atoms with E-state index in [9.17, 15) is 18.0 Å². The Morgan fingerprint density at radius 2 is 1.55 bits per heavy atom. The molecule has 0 bridgehead atoms. The number of halogens is 1. The van der Waals surface area contributed by atoms with Crippen LogP contribution in [0.15, 0.2) is 76.1 Å². The number of hydrogen-bond donors (Lipinski definition) is 1. The molecular formula is C33H40BrN3O4S. The fraction of sp³-hybridized carbons (Fsp3) is 0.394. The van der Waals surface area contributed by atoms with Crippen LogP contribution < -0.4 is 9.62 Å². The highest BCUT2D eigenvalue weighted by atomic mass is 79.9. The SMILES string of the molecule is Cc1ccc(S(=O)(=O)N(CC(=O)N(Cc2ccc(Br)cc2)[C@H](C)C(=O)NC2CCCCC2)c2ccc(C)c(C)c2)cc1. The number of sulfonamides is 1. The summed E-state index contributed by atoms with van der Waals surface area (Å²) in [6, 6.07) is 18.8. The van der Waals surface area contributed by atoms with Crippen LogP contribution >= 0.6 is 15.9 Å². The summed E-state index contributed by atoms with van der Waals surface area (Å²) in [6.45, 7) is 7.18. The van der Waals surface area contributed by atoms with Crippen molar-refractivity contribution in [1.29, 1.82) is 0 Å². The summed E-state index contributed by atoms with van der Waals surface area (Å²) in [5.74, 6) is -0.690. The molecule has 1 aliphatic carbocycles. The number of rotatable bonds is 10. The van der Waals surface area contributed by atoms with Gasteiger partial charge < -0.3 is 10.2 Å². The van der Waals surface area contributed by atoms with Gasteiger partial charge in [-0.3, -0.25) is 13.9 Å². The lowest BCUT2D eigenvalue weighted by atomic mass is 9.95. The van der Waals surface area contributed by atoms with Gasteiger partial charge in [0.2, 0.25) is 11.8 Å². The first-order valence-electron chi connectivity index (χ1n) is 14.5. The lowest BCUT2D eigenvalue weighted by molar-refractivity contribution is -0.139. The van der Waals surface area contributed by atoms with Gasteiger partial charge in [0, 0.05) is 17.1 Å². The molecule has 0 spiro atoms. The van der Waals surface area contributed by atoms with Crippen LogP contribution in [0.5, 0.6) is 0 Å². The highest BCUT2D eigenvalue weighted by Gasteiger charge is 2.33. The fourth-order valence-corrected chi connectivity index (χ4v) is 6.86. The molecule has 0 aromatic heterocycles. The Labute approximate surface area is 258 Å². The van der Waals surface area contributed by atoms with E-state index in [2.05, 4.69) is 21.2 Å². The van der Waals surface area contributed by atoms with Gasteiger partial charge in [0.15, 0.2) is 0 Å². The molecule has 3 aromatic carbocycles. The van der Waals surface area contributed by atoms with Crippen LogP contribution in [0, 0.1) is 20.8 Å². The average molecular weight is 655 g/mol. The summed E-state index contributed by atoms with van der Waals surface area (Å²) < 4.78 is 30.1. The van der Waals surface area contributed by atoms with Crippen molar-refractivity contribution < 1.29 is 18.0 Å². The summed E-state index contributed by atoms with van der Waals surface area (Å²) in [5, 5.41) is 3.14. The minimum atomic E-state index is -4.10. The Balaban J connectivity index is 1.69. The van der Waals surface area contributed by atoms with Gasteiger partial charge in [-0.15, -0.1) is 0 Å². The molecule has 0 unspecified atom stereocenters. The summed E-state index contributed by atoms with van der Waals surface area (Å²) in [4.78, 5) is 29.2. The van der Waals surface area contributed by atoms with Gasteiger partial charge in [0.25, 0.3) is 10.0 Å². The molecule has 3 aromatic rings. The molecule has 1 atom stereocenters. The molecule has 2 amide bonds. The maximum atomic E-state index is 14.2. The fourth-order valence-electron chi connectivity index (χ4n) is 5.18. The predicted octanol–water partition coefficient (Wildman–Crippen LogP) is 6.44. The van der Waals surface area contributed by atoms with Crippen molar-refractivity contribution in [1.82, 2.24) is 10.2 Å². The van der Waals surface area contributed by atoms with E-state index in [0.717, 1.165) is 56.7 Å². The molecule has 1 fully saturated rings. The van der Waals surface area contributed by atoms with E-state index in [1.165, 1.54) is 11.3 Å². The maximum absolute atomic E-state index is 14.2. The van der Waals surface area contributed by atoms with E-state index in [1.54, 1.807) is 43.3 Å². The number of nitrogens with zero attached hydrogens (tertiary/aromatic N) is 2. The van der Waals surface area contributed by atoms with Crippen LogP contribution in [0.2, 0.25) is 0 Å². The molecular weight excluding hydrogens is 614 g/mol. The minimum Gasteiger partial charge on any atom is -0.352 e. The topological polar surface area (TPSA) is 86.8 Å². The Kier molecular flexibility index (Phi) is 10.5. The third kappa shape index (κ3) is 7.81. The van der Waals surface area contributed by atoms with Gasteiger partial charge in [0.05, 0.1) is 10.6 Å². The smallest absolute Gasteiger partial charge is 0.264 e. The van der Waals surface area contributed by atoms with Crippen molar-refractivity contribution >= 4 is 43.5 Å². The van der Waals surface area contributed by atoms with Crippen LogP contribution in [0.3, 0.4) is 0 Å². The van der Waals surface area contributed by atoms with Gasteiger partial charge in [-0.25, -0.2) is 8.42 Å². The summed E-state index contributed by atoms with van der Waals surface area (Å²) in [6.07, 6.45) is 5.16. The lowest BCUT2D eigenvalue weighted by Gasteiger charge is -2.33. The number of nitrogens with one attached hydrogen (secondary N) is 1. The zero-order chi connectivity index (χ0) is 30.4. The highest BCUT2D eigenvalue weighted by molar-refractivity contribution is 9.10. The first-order valence-corrected chi connectivity index (χ1v) is 16.7. The largest absolute Gasteiger partial charge is 0.352 e. The number of carbonyl (C=O) groups excluding carboxylic acids is 2. The predicted molar refractivity (Wildman–Crippen MR) is 171 cm³/mol. The van der Waals surface area contributed by atoms with Crippen molar-refractivity contribution in [3.05, 3.63) is 93.5 Å². The van der Waals surface area contributed by atoms with Crippen molar-refractivity contribution in [3.8, 4) is 0 Å². The molecule has 0 heterocycles. The molecule has 0 saturated heterocycles. The van der Waals surface area contributed by atoms with Crippen LogP contribution in [0.4, 0.5) is 5.69 Å². The summed E-state index contributed by atoms with van der Waals surface area (Å²) in [7, 11) is -4.10. The molecule has 9 heteroatoms. The monoisotopic (exact) mass is 653 g/mol. The van der Waals surface area contributed by atoms with Crippen LogP contribution in [-0.2, 0) is 26.2 Å². The second-order valence-electron chi connectivity index (χ2n) is 11.3. The number of hydrogen-bond acceptors (Lipinski definition) is 4. The Bertz CT molecular complexity index is 1500. The molecule has 0 aliphatic heterocycles. The number of aryl methyl sites for hydroxylation is 3. The summed E-state index contributed by atoms with van der Waals surface area (Å²) >= 11 is 3.45. The van der Waals surface area contributed by atoms with Gasteiger partial charge in [-0.2, -0.15) is 0 Å². The second kappa shape index (κ2) is 13.9. The van der Waals surface area contributed by atoms with Gasteiger partial charge >= 0.3 is 0 Å². The number of carbonyl (C=O) groups is 2. The lowest BCUT2D eigenvalue weighted by Crippen LogP contribution is -2.53. The summed E-state index contributed by atoms with van der Waals surface area (Å²) in [5.41, 5.74) is 4.10. The van der Waals surface area contributed by atoms with Gasteiger partial charge in [-0.05, 0) is 93.6 Å². The van der Waals surface area contributed by atoms with Crippen LogP contribution in [0.1, 0.15) is 61.3 Å². The van der Waals surface area contributed by atoms with E-state index >= 15 is 0 Å². The van der Waals surface area contributed by atoms with Crippen molar-refractivity contribution in [2.24, 2.45) is 0 Å². The average Bonchev–Trinajstić information content (AvgIpc) is 2.97. The van der Waals surface area contributed by atoms with E-state index in [0.29, 0.717) is 5.69 Å². The van der Waals surface area contributed by atoms with Crippen molar-refractivity contribution in [2.45, 2.75) is 83.3 Å². The third-order valence-electron chi connectivity index (χ3n) is 8.05. The molecule has 1 saturated carbocycles. The first-order chi connectivity index (χ1) is 20.0. The van der Waals surface area contributed by atoms with Crippen LogP contribution in [0.25, 0.3) is 0 Å². The van der Waals surface area contributed by atoms with Crippen LogP contribution in [-0.4, -0.2) is 43.8 Å². The normalized spacial score (nSPS) is 14.7. The first kappa shape index (κ1) is 31.8. The Morgan fingerprint density at radius 1 is 0.905 bits per heavy atom. The number of benzene rings is 3. The molecule has 1 aliphatic rings. The molecule has 42 heavy (non-hydrogen) atoms. The van der Waals surface area contributed by atoms with Gasteiger partial charge in [0.1, 0.15) is 12.6 Å². The van der Waals surface area contributed by atoms with Crippen molar-refractivity contribution in [3.63, 3.8) is 0 Å². The molecule has 0 radical (unpaired) electrons. The molecule has 224 valence electrons. The van der Waals surface area contributed by atoms with Gasteiger partial charge in [-0.1, -0.05) is 71.1 Å². The van der Waals surface area contributed by atoms with E-state index in [4.69, 9.17) is 0 Å². The quantitative estimate of drug-likeness (QED) is 0.273. The maximum Gasteiger partial charge on any atom is 0.264 e. The Hall–Kier alpha value is -3.17. The number of amides is 2. The number of anilines is 1.